The molecule has 0 spiro atoms. The van der Waals surface area contributed by atoms with E-state index in [4.69, 9.17) is 9.72 Å². The van der Waals surface area contributed by atoms with E-state index in [9.17, 15) is 4.79 Å². The molecule has 0 bridgehead atoms. The SMILES string of the molecule is CC(=O)NCC1Cc2cc(C)cc(-c3nc4ccccc4s3)c2O1. The summed E-state index contributed by atoms with van der Waals surface area (Å²) >= 11 is 1.68. The van der Waals surface area contributed by atoms with E-state index in [0.717, 1.165) is 28.3 Å². The molecule has 0 aliphatic carbocycles. The van der Waals surface area contributed by atoms with E-state index < -0.39 is 0 Å². The lowest BCUT2D eigenvalue weighted by atomic mass is 10.0. The maximum absolute atomic E-state index is 11.1. The van der Waals surface area contributed by atoms with E-state index in [1.54, 1.807) is 11.3 Å². The van der Waals surface area contributed by atoms with Crippen molar-refractivity contribution in [1.82, 2.24) is 10.3 Å². The van der Waals surface area contributed by atoms with Crippen LogP contribution in [0.4, 0.5) is 0 Å². The second-order valence-electron chi connectivity index (χ2n) is 6.17. The number of ether oxygens (including phenoxy) is 1. The van der Waals surface area contributed by atoms with Crippen LogP contribution in [0.15, 0.2) is 36.4 Å². The average molecular weight is 338 g/mol. The van der Waals surface area contributed by atoms with Crippen molar-refractivity contribution in [1.29, 1.82) is 0 Å². The Labute approximate surface area is 144 Å². The van der Waals surface area contributed by atoms with Gasteiger partial charge >= 0.3 is 0 Å². The zero-order valence-electron chi connectivity index (χ0n) is 13.6. The van der Waals surface area contributed by atoms with Gasteiger partial charge in [0.15, 0.2) is 0 Å². The predicted octanol–water partition coefficient (Wildman–Crippen LogP) is 3.71. The van der Waals surface area contributed by atoms with Gasteiger partial charge in [0.25, 0.3) is 0 Å². The van der Waals surface area contributed by atoms with E-state index in [1.165, 1.54) is 22.8 Å². The molecule has 2 aromatic carbocycles. The minimum atomic E-state index is -0.0304. The zero-order valence-corrected chi connectivity index (χ0v) is 14.4. The summed E-state index contributed by atoms with van der Waals surface area (Å²) in [6, 6.07) is 12.5. The summed E-state index contributed by atoms with van der Waals surface area (Å²) in [5.41, 5.74) is 4.46. The van der Waals surface area contributed by atoms with Crippen LogP contribution in [-0.2, 0) is 11.2 Å². The molecule has 1 aliphatic heterocycles. The Bertz CT molecular complexity index is 899. The molecular formula is C19H18N2O2S. The molecule has 5 heteroatoms. The molecule has 0 saturated heterocycles. The Morgan fingerprint density at radius 2 is 2.21 bits per heavy atom. The number of para-hydroxylation sites is 1. The predicted molar refractivity (Wildman–Crippen MR) is 96.6 cm³/mol. The fourth-order valence-corrected chi connectivity index (χ4v) is 4.09. The number of rotatable bonds is 3. The minimum absolute atomic E-state index is 0.0150. The average Bonchev–Trinajstić information content (AvgIpc) is 3.15. The number of hydrogen-bond donors (Lipinski definition) is 1. The van der Waals surface area contributed by atoms with Crippen LogP contribution in [-0.4, -0.2) is 23.5 Å². The van der Waals surface area contributed by atoms with Gasteiger partial charge < -0.3 is 10.1 Å². The topological polar surface area (TPSA) is 51.2 Å². The number of amides is 1. The zero-order chi connectivity index (χ0) is 16.7. The number of hydrogen-bond acceptors (Lipinski definition) is 4. The smallest absolute Gasteiger partial charge is 0.217 e. The van der Waals surface area contributed by atoms with Gasteiger partial charge in [-0.25, -0.2) is 4.98 Å². The van der Waals surface area contributed by atoms with Crippen molar-refractivity contribution in [2.75, 3.05) is 6.54 Å². The van der Waals surface area contributed by atoms with Crippen LogP contribution >= 0.6 is 11.3 Å². The molecular weight excluding hydrogens is 320 g/mol. The summed E-state index contributed by atoms with van der Waals surface area (Å²) in [7, 11) is 0. The van der Waals surface area contributed by atoms with Crippen molar-refractivity contribution in [3.05, 3.63) is 47.5 Å². The van der Waals surface area contributed by atoms with Crippen LogP contribution in [0.5, 0.6) is 5.75 Å². The van der Waals surface area contributed by atoms with Crippen molar-refractivity contribution in [2.45, 2.75) is 26.4 Å². The monoisotopic (exact) mass is 338 g/mol. The molecule has 0 saturated carbocycles. The van der Waals surface area contributed by atoms with Crippen LogP contribution in [0.2, 0.25) is 0 Å². The van der Waals surface area contributed by atoms with Crippen LogP contribution in [0.25, 0.3) is 20.8 Å². The highest BCUT2D eigenvalue weighted by atomic mass is 32.1. The molecule has 3 aromatic rings. The Morgan fingerprint density at radius 1 is 1.38 bits per heavy atom. The molecule has 2 heterocycles. The summed E-state index contributed by atoms with van der Waals surface area (Å²) < 4.78 is 7.32. The number of aromatic nitrogens is 1. The van der Waals surface area contributed by atoms with E-state index in [0.29, 0.717) is 6.54 Å². The normalized spacial score (nSPS) is 16.0. The van der Waals surface area contributed by atoms with Gasteiger partial charge in [0.05, 0.1) is 22.3 Å². The highest BCUT2D eigenvalue weighted by Gasteiger charge is 2.27. The van der Waals surface area contributed by atoms with Gasteiger partial charge in [0, 0.05) is 13.3 Å². The van der Waals surface area contributed by atoms with E-state index in [-0.39, 0.29) is 12.0 Å². The van der Waals surface area contributed by atoms with Crippen LogP contribution < -0.4 is 10.1 Å². The van der Waals surface area contributed by atoms with Gasteiger partial charge in [-0.15, -0.1) is 11.3 Å². The van der Waals surface area contributed by atoms with Gasteiger partial charge in [-0.3, -0.25) is 4.79 Å². The number of nitrogens with one attached hydrogen (secondary N) is 1. The third kappa shape index (κ3) is 2.76. The molecule has 24 heavy (non-hydrogen) atoms. The highest BCUT2D eigenvalue weighted by molar-refractivity contribution is 7.21. The second-order valence-corrected chi connectivity index (χ2v) is 7.20. The van der Waals surface area contributed by atoms with Gasteiger partial charge in [-0.05, 0) is 36.2 Å². The molecule has 4 nitrogen and oxygen atoms in total. The van der Waals surface area contributed by atoms with Crippen LogP contribution in [0.3, 0.4) is 0 Å². The lowest BCUT2D eigenvalue weighted by Crippen LogP contribution is -2.32. The maximum Gasteiger partial charge on any atom is 0.217 e. The van der Waals surface area contributed by atoms with E-state index >= 15 is 0 Å². The fourth-order valence-electron chi connectivity index (χ4n) is 3.11. The maximum atomic E-state index is 11.1. The molecule has 122 valence electrons. The first-order valence-electron chi connectivity index (χ1n) is 8.01. The van der Waals surface area contributed by atoms with Crippen LogP contribution in [0, 0.1) is 6.92 Å². The molecule has 0 radical (unpaired) electrons. The summed E-state index contributed by atoms with van der Waals surface area (Å²) in [5, 5.41) is 3.82. The molecule has 0 fully saturated rings. The Kier molecular flexibility index (Phi) is 3.73. The van der Waals surface area contributed by atoms with Crippen molar-refractivity contribution in [2.24, 2.45) is 0 Å². The molecule has 1 N–H and O–H groups in total. The number of aryl methyl sites for hydroxylation is 1. The summed E-state index contributed by atoms with van der Waals surface area (Å²) in [4.78, 5) is 15.9. The van der Waals surface area contributed by atoms with Crippen LogP contribution in [0.1, 0.15) is 18.1 Å². The highest BCUT2D eigenvalue weighted by Crippen LogP contribution is 2.42. The quantitative estimate of drug-likeness (QED) is 0.792. The third-order valence-electron chi connectivity index (χ3n) is 4.15. The van der Waals surface area contributed by atoms with Crippen molar-refractivity contribution in [3.8, 4) is 16.3 Å². The summed E-state index contributed by atoms with van der Waals surface area (Å²) in [6.45, 7) is 4.15. The van der Waals surface area contributed by atoms with Gasteiger partial charge in [-0.1, -0.05) is 18.2 Å². The number of carbonyl (C=O) groups is 1. The summed E-state index contributed by atoms with van der Waals surface area (Å²) in [6.07, 6.45) is 0.800. The fraction of sp³-hybridized carbons (Fsp3) is 0.263. The summed E-state index contributed by atoms with van der Waals surface area (Å²) in [5.74, 6) is 0.882. The van der Waals surface area contributed by atoms with Gasteiger partial charge in [0.1, 0.15) is 16.9 Å². The minimum Gasteiger partial charge on any atom is -0.487 e. The molecule has 1 amide bonds. The lowest BCUT2D eigenvalue weighted by molar-refractivity contribution is -0.119. The lowest BCUT2D eigenvalue weighted by Gasteiger charge is -2.12. The van der Waals surface area contributed by atoms with Crippen molar-refractivity contribution >= 4 is 27.5 Å². The van der Waals surface area contributed by atoms with Gasteiger partial charge in [-0.2, -0.15) is 0 Å². The first kappa shape index (κ1) is 15.1. The Balaban J connectivity index is 1.72. The van der Waals surface area contributed by atoms with Crippen molar-refractivity contribution in [3.63, 3.8) is 0 Å². The van der Waals surface area contributed by atoms with E-state index in [2.05, 4.69) is 30.4 Å². The number of fused-ring (bicyclic) bond motifs is 2. The first-order valence-corrected chi connectivity index (χ1v) is 8.82. The number of thiazole rings is 1. The Morgan fingerprint density at radius 3 is 3.00 bits per heavy atom. The molecule has 4 rings (SSSR count). The molecule has 1 atom stereocenters. The van der Waals surface area contributed by atoms with E-state index in [1.807, 2.05) is 18.2 Å². The molecule has 1 unspecified atom stereocenters. The number of benzene rings is 2. The first-order chi connectivity index (χ1) is 11.6. The second kappa shape index (κ2) is 5.91. The van der Waals surface area contributed by atoms with Crippen molar-refractivity contribution < 1.29 is 9.53 Å². The number of nitrogens with zero attached hydrogens (tertiary/aromatic N) is 1. The molecule has 1 aromatic heterocycles. The third-order valence-corrected chi connectivity index (χ3v) is 5.21. The number of carbonyl (C=O) groups excluding carboxylic acids is 1. The Hall–Kier alpha value is -2.40. The largest absolute Gasteiger partial charge is 0.487 e. The standard InChI is InChI=1S/C19H18N2O2S/c1-11-7-13-9-14(10-20-12(2)22)23-18(13)15(8-11)19-21-16-5-3-4-6-17(16)24-19/h3-8,14H,9-10H2,1-2H3,(H,20,22). The van der Waals surface area contributed by atoms with Gasteiger partial charge in [0.2, 0.25) is 5.91 Å². The molecule has 1 aliphatic rings.